The number of benzene rings is 9. The predicted octanol–water partition coefficient (Wildman–Crippen LogP) is 16.2. The highest BCUT2D eigenvalue weighted by Gasteiger charge is 2.33. The number of hydrogen-bond acceptors (Lipinski definition) is 5. The van der Waals surface area contributed by atoms with Crippen LogP contribution in [0.25, 0.3) is 133 Å². The topological polar surface area (TPSA) is 74.8 Å². The van der Waals surface area contributed by atoms with Gasteiger partial charge in [-0.3, -0.25) is 0 Å². The number of rotatable bonds is 5. The lowest BCUT2D eigenvalue weighted by molar-refractivity contribution is -0.137. The smallest absolute Gasteiger partial charge is 0.416 e. The van der Waals surface area contributed by atoms with Crippen LogP contribution in [0.4, 0.5) is 13.2 Å². The molecule has 0 aliphatic rings. The molecule has 7 nitrogen and oxygen atoms in total. The van der Waals surface area contributed by atoms with Gasteiger partial charge in [-0.1, -0.05) is 115 Å². The number of nitrogens with zero attached hydrogens (tertiary/aromatic N) is 5. The lowest BCUT2D eigenvalue weighted by atomic mass is 10.0. The van der Waals surface area contributed by atoms with Crippen LogP contribution in [0, 0.1) is 6.92 Å². The first kappa shape index (κ1) is 39.2. The number of halogens is 3. The van der Waals surface area contributed by atoms with Gasteiger partial charge in [-0.25, -0.2) is 15.0 Å². The van der Waals surface area contributed by atoms with Gasteiger partial charge < -0.3 is 18.0 Å². The van der Waals surface area contributed by atoms with Crippen molar-refractivity contribution < 1.29 is 22.0 Å². The van der Waals surface area contributed by atoms with Crippen molar-refractivity contribution in [3.63, 3.8) is 0 Å². The third kappa shape index (κ3) is 5.85. The molecule has 0 N–H and O–H groups in total. The van der Waals surface area contributed by atoms with Gasteiger partial charge in [-0.15, -0.1) is 0 Å². The minimum Gasteiger partial charge on any atom is -0.456 e. The van der Waals surface area contributed by atoms with Gasteiger partial charge in [0.15, 0.2) is 17.5 Å². The van der Waals surface area contributed by atoms with Crippen LogP contribution in [0.1, 0.15) is 11.1 Å². The zero-order valence-electron chi connectivity index (χ0n) is 36.6. The molecule has 5 heterocycles. The van der Waals surface area contributed by atoms with E-state index in [0.717, 1.165) is 93.6 Å². The first-order valence-corrected chi connectivity index (χ1v) is 22.6. The van der Waals surface area contributed by atoms with Crippen LogP contribution < -0.4 is 0 Å². The van der Waals surface area contributed by atoms with Gasteiger partial charge in [-0.05, 0) is 85.8 Å². The van der Waals surface area contributed by atoms with E-state index in [1.165, 1.54) is 12.1 Å². The Balaban J connectivity index is 1.10. The Kier molecular flexibility index (Phi) is 8.23. The molecule has 0 bridgehead atoms. The number of fused-ring (bicyclic) bond motifs is 14. The fourth-order valence-corrected chi connectivity index (χ4v) is 10.5. The van der Waals surface area contributed by atoms with E-state index in [1.54, 1.807) is 0 Å². The number of alkyl halides is 3. The average Bonchev–Trinajstić information content (AvgIpc) is 4.14. The molecule has 0 saturated carbocycles. The molecule has 5 aromatic heterocycles. The second kappa shape index (κ2) is 14.5. The molecule has 9 aromatic carbocycles. The van der Waals surface area contributed by atoms with Crippen LogP contribution in [0.5, 0.6) is 0 Å². The number of hydrogen-bond donors (Lipinski definition) is 0. The van der Waals surface area contributed by atoms with E-state index in [9.17, 15) is 0 Å². The standard InChI is InChI=1S/C59H34F3N5O2/c1-33-23-27-46(66-44-19-9-5-15-36(44)38-25-29-50-52(54(38)66)40-17-7-11-21-48(40)68-50)42(31-33)57-63-56(34-13-3-2-4-14-34)64-58(65-57)43-32-35(59(60,61)62)24-28-47(43)67-45-20-10-6-16-37(45)39-26-30-51-53(55(39)67)41-18-8-12-22-49(41)69-51/h2-32H,1H3. The maximum Gasteiger partial charge on any atom is 0.416 e. The first-order chi connectivity index (χ1) is 33.8. The van der Waals surface area contributed by atoms with Crippen LogP contribution in [0.3, 0.4) is 0 Å². The summed E-state index contributed by atoms with van der Waals surface area (Å²) in [6.45, 7) is 2.01. The SMILES string of the molecule is Cc1ccc(-n2c3ccccc3c3ccc4oc5ccccc5c4c32)c(-c2nc(-c3ccccc3)nc(-c3cc(C(F)(F)F)ccc3-n3c4ccccc4c4ccc5oc6ccccc6c5c43)n2)c1. The molecular formula is C59H34F3N5O2. The van der Waals surface area contributed by atoms with Gasteiger partial charge in [0.1, 0.15) is 22.3 Å². The molecule has 0 aliphatic heterocycles. The summed E-state index contributed by atoms with van der Waals surface area (Å²) in [6.07, 6.45) is -4.68. The first-order valence-electron chi connectivity index (χ1n) is 22.6. The minimum absolute atomic E-state index is 0.0769. The Bertz CT molecular complexity index is 4440. The largest absolute Gasteiger partial charge is 0.456 e. The lowest BCUT2D eigenvalue weighted by Crippen LogP contribution is -2.09. The summed E-state index contributed by atoms with van der Waals surface area (Å²) in [7, 11) is 0. The molecule has 0 unspecified atom stereocenters. The third-order valence-corrected chi connectivity index (χ3v) is 13.5. The molecule has 10 heteroatoms. The van der Waals surface area contributed by atoms with Crippen LogP contribution in [-0.4, -0.2) is 24.1 Å². The quantitative estimate of drug-likeness (QED) is 0.172. The van der Waals surface area contributed by atoms with Gasteiger partial charge in [0.2, 0.25) is 0 Å². The van der Waals surface area contributed by atoms with Crippen molar-refractivity contribution in [3.05, 3.63) is 199 Å². The molecule has 0 amide bonds. The highest BCUT2D eigenvalue weighted by molar-refractivity contribution is 6.26. The van der Waals surface area contributed by atoms with Crippen molar-refractivity contribution in [2.24, 2.45) is 0 Å². The maximum atomic E-state index is 15.1. The van der Waals surface area contributed by atoms with E-state index >= 15 is 13.2 Å². The number of para-hydroxylation sites is 4. The predicted molar refractivity (Wildman–Crippen MR) is 269 cm³/mol. The van der Waals surface area contributed by atoms with E-state index < -0.39 is 11.7 Å². The van der Waals surface area contributed by atoms with Gasteiger partial charge >= 0.3 is 6.18 Å². The van der Waals surface area contributed by atoms with Crippen molar-refractivity contribution in [3.8, 4) is 45.5 Å². The molecule has 0 aliphatic carbocycles. The Labute approximate surface area is 389 Å². The molecule has 0 fully saturated rings. The highest BCUT2D eigenvalue weighted by Crippen LogP contribution is 2.46. The lowest BCUT2D eigenvalue weighted by Gasteiger charge is -2.18. The molecule has 14 rings (SSSR count). The molecule has 0 saturated heterocycles. The van der Waals surface area contributed by atoms with Gasteiger partial charge in [0, 0.05) is 49.0 Å². The Hall–Kier alpha value is -9.02. The Morgan fingerprint density at radius 2 is 0.870 bits per heavy atom. The average molecular weight is 902 g/mol. The van der Waals surface area contributed by atoms with Crippen LogP contribution in [0.2, 0.25) is 0 Å². The van der Waals surface area contributed by atoms with E-state index in [-0.39, 0.29) is 11.4 Å². The van der Waals surface area contributed by atoms with E-state index in [1.807, 2.05) is 145 Å². The monoisotopic (exact) mass is 901 g/mol. The number of aryl methyl sites for hydroxylation is 1. The normalized spacial score (nSPS) is 12.3. The second-order valence-corrected chi connectivity index (χ2v) is 17.5. The van der Waals surface area contributed by atoms with Crippen molar-refractivity contribution in [1.82, 2.24) is 24.1 Å². The summed E-state index contributed by atoms with van der Waals surface area (Å²) in [5, 5.41) is 7.63. The number of furan rings is 2. The van der Waals surface area contributed by atoms with Crippen molar-refractivity contribution in [1.29, 1.82) is 0 Å². The second-order valence-electron chi connectivity index (χ2n) is 17.5. The van der Waals surface area contributed by atoms with Crippen LogP contribution in [-0.2, 0) is 6.18 Å². The van der Waals surface area contributed by atoms with Gasteiger partial charge in [0.05, 0.1) is 49.8 Å². The van der Waals surface area contributed by atoms with Gasteiger partial charge in [0.25, 0.3) is 0 Å². The van der Waals surface area contributed by atoms with E-state index in [0.29, 0.717) is 39.6 Å². The Morgan fingerprint density at radius 3 is 1.42 bits per heavy atom. The fraction of sp³-hybridized carbons (Fsp3) is 0.0339. The summed E-state index contributed by atoms with van der Waals surface area (Å²) in [6, 6.07) is 59.7. The summed E-state index contributed by atoms with van der Waals surface area (Å²) < 4.78 is 62.4. The molecule has 328 valence electrons. The van der Waals surface area contributed by atoms with Crippen molar-refractivity contribution >= 4 is 87.5 Å². The Morgan fingerprint density at radius 1 is 0.406 bits per heavy atom. The molecule has 0 spiro atoms. The third-order valence-electron chi connectivity index (χ3n) is 13.5. The highest BCUT2D eigenvalue weighted by atomic mass is 19.4. The molecule has 0 radical (unpaired) electrons. The van der Waals surface area contributed by atoms with Crippen molar-refractivity contribution in [2.75, 3.05) is 0 Å². The molecule has 14 aromatic rings. The molecule has 0 atom stereocenters. The summed E-state index contributed by atoms with van der Waals surface area (Å²) in [4.78, 5) is 15.6. The van der Waals surface area contributed by atoms with Gasteiger partial charge in [-0.2, -0.15) is 13.2 Å². The van der Waals surface area contributed by atoms with Crippen molar-refractivity contribution in [2.45, 2.75) is 13.1 Å². The molecule has 69 heavy (non-hydrogen) atoms. The fourth-order valence-electron chi connectivity index (χ4n) is 10.5. The zero-order chi connectivity index (χ0) is 46.1. The maximum absolute atomic E-state index is 15.1. The summed E-state index contributed by atoms with van der Waals surface area (Å²) in [5.74, 6) is 0.678. The zero-order valence-corrected chi connectivity index (χ0v) is 36.6. The summed E-state index contributed by atoms with van der Waals surface area (Å²) >= 11 is 0. The van der Waals surface area contributed by atoms with Crippen LogP contribution in [0.15, 0.2) is 197 Å². The van der Waals surface area contributed by atoms with E-state index in [2.05, 4.69) is 41.0 Å². The van der Waals surface area contributed by atoms with Crippen LogP contribution >= 0.6 is 0 Å². The number of aromatic nitrogens is 5. The molecular weight excluding hydrogens is 868 g/mol. The van der Waals surface area contributed by atoms with E-state index in [4.69, 9.17) is 23.8 Å². The minimum atomic E-state index is -4.68. The summed E-state index contributed by atoms with van der Waals surface area (Å²) in [5.41, 5.74) is 9.26.